The lowest BCUT2D eigenvalue weighted by atomic mass is 9.79. The molecule has 1 aliphatic heterocycles. The van der Waals surface area contributed by atoms with Crippen molar-refractivity contribution in [3.8, 4) is 0 Å². The van der Waals surface area contributed by atoms with E-state index in [1.165, 1.54) is 0 Å². The summed E-state index contributed by atoms with van der Waals surface area (Å²) in [4.78, 5) is 21.7. The summed E-state index contributed by atoms with van der Waals surface area (Å²) >= 11 is 5.42. The number of carbonyl (C=O) groups is 1. The van der Waals surface area contributed by atoms with Gasteiger partial charge in [-0.25, -0.2) is 0 Å². The Balaban J connectivity index is 0.00000320. The Hall–Kier alpha value is -2.13. The van der Waals surface area contributed by atoms with Gasteiger partial charge in [-0.15, -0.1) is 24.2 Å². The fraction of sp³-hybridized carbons (Fsp3) is 0.276. The lowest BCUT2D eigenvalue weighted by Gasteiger charge is -2.57. The molecule has 1 aliphatic rings. The molecular formula is C29H31BrClN3O2S. The highest BCUT2D eigenvalue weighted by atomic mass is 79.9. The number of carbonyl (C=O) groups excluding carboxylic acids is 1. The van der Waals surface area contributed by atoms with Gasteiger partial charge < -0.3 is 9.72 Å². The van der Waals surface area contributed by atoms with E-state index < -0.39 is 11.3 Å². The van der Waals surface area contributed by atoms with E-state index in [0.717, 1.165) is 21.4 Å². The number of hydrogen-bond acceptors (Lipinski definition) is 5. The van der Waals surface area contributed by atoms with E-state index in [9.17, 15) is 4.79 Å². The first-order valence-electron chi connectivity index (χ1n) is 12.1. The minimum atomic E-state index is -0.999. The first-order valence-corrected chi connectivity index (χ1v) is 14.2. The molecule has 37 heavy (non-hydrogen) atoms. The highest BCUT2D eigenvalue weighted by Gasteiger charge is 2.62. The molecule has 5 nitrogen and oxygen atoms in total. The number of aromatic amines is 1. The molecule has 0 aliphatic carbocycles. The molecular weight excluding hydrogens is 570 g/mol. The number of ether oxygens (including phenoxy) is 1. The van der Waals surface area contributed by atoms with E-state index in [-0.39, 0.29) is 18.2 Å². The standard InChI is InChI=1S/C29H30BrN3O2S.ClH/c1-35-29(20-30)28(21-36-24-13-6-3-7-14-24,27(34)26-18-23-12-8-9-15-25(23)32-26)33(17-16-31-29)19-22-10-4-2-5-11-22;/h2-15,18,31-32H,16-17,19-21H2,1H3;1H. The smallest absolute Gasteiger partial charge is 0.204 e. The monoisotopic (exact) mass is 599 g/mol. The summed E-state index contributed by atoms with van der Waals surface area (Å²) in [5.74, 6) is 0.538. The molecule has 1 fully saturated rings. The van der Waals surface area contributed by atoms with Crippen molar-refractivity contribution in [2.24, 2.45) is 0 Å². The van der Waals surface area contributed by atoms with Gasteiger partial charge in [0.1, 0.15) is 5.54 Å². The molecule has 2 atom stereocenters. The Morgan fingerprint density at radius 2 is 1.70 bits per heavy atom. The molecule has 0 saturated carbocycles. The number of para-hydroxylation sites is 1. The number of fused-ring (bicyclic) bond motifs is 1. The van der Waals surface area contributed by atoms with Crippen molar-refractivity contribution in [2.75, 3.05) is 31.3 Å². The fourth-order valence-electron chi connectivity index (χ4n) is 5.18. The van der Waals surface area contributed by atoms with E-state index in [1.54, 1.807) is 18.9 Å². The van der Waals surface area contributed by atoms with Gasteiger partial charge in [-0.1, -0.05) is 82.7 Å². The average Bonchev–Trinajstić information content (AvgIpc) is 3.37. The summed E-state index contributed by atoms with van der Waals surface area (Å²) in [7, 11) is 1.70. The van der Waals surface area contributed by atoms with Crippen molar-refractivity contribution in [2.45, 2.75) is 22.7 Å². The van der Waals surface area contributed by atoms with Crippen LogP contribution >= 0.6 is 40.1 Å². The Labute approximate surface area is 236 Å². The van der Waals surface area contributed by atoms with E-state index >= 15 is 0 Å². The van der Waals surface area contributed by atoms with Gasteiger partial charge in [-0.05, 0) is 29.8 Å². The van der Waals surface area contributed by atoms with Gasteiger partial charge in [-0.3, -0.25) is 15.0 Å². The molecule has 4 aromatic rings. The summed E-state index contributed by atoms with van der Waals surface area (Å²) in [5.41, 5.74) is 0.773. The number of rotatable bonds is 9. The normalized spacial score (nSPS) is 22.0. The Morgan fingerprint density at radius 1 is 1.03 bits per heavy atom. The lowest BCUT2D eigenvalue weighted by Crippen LogP contribution is -2.80. The predicted octanol–water partition coefficient (Wildman–Crippen LogP) is 6.15. The topological polar surface area (TPSA) is 57.4 Å². The predicted molar refractivity (Wildman–Crippen MR) is 158 cm³/mol. The maximum absolute atomic E-state index is 14.8. The van der Waals surface area contributed by atoms with E-state index in [1.807, 2.05) is 66.7 Å². The third kappa shape index (κ3) is 5.26. The van der Waals surface area contributed by atoms with Crippen molar-refractivity contribution in [1.29, 1.82) is 0 Å². The summed E-state index contributed by atoms with van der Waals surface area (Å²) in [6, 6.07) is 30.6. The van der Waals surface area contributed by atoms with Crippen LogP contribution in [-0.4, -0.2) is 58.2 Å². The zero-order valence-electron chi connectivity index (χ0n) is 20.7. The van der Waals surface area contributed by atoms with Crippen LogP contribution in [0.1, 0.15) is 16.1 Å². The van der Waals surface area contributed by atoms with Crippen LogP contribution in [0.2, 0.25) is 0 Å². The molecule has 2 N–H and O–H groups in total. The van der Waals surface area contributed by atoms with Crippen molar-refractivity contribution in [1.82, 2.24) is 15.2 Å². The molecule has 1 saturated heterocycles. The number of H-pyrrole nitrogens is 1. The van der Waals surface area contributed by atoms with Gasteiger partial charge in [0.2, 0.25) is 5.78 Å². The maximum atomic E-state index is 14.8. The zero-order valence-corrected chi connectivity index (χ0v) is 23.9. The van der Waals surface area contributed by atoms with Gasteiger partial charge in [0.25, 0.3) is 0 Å². The molecule has 3 aromatic carbocycles. The number of benzene rings is 3. The van der Waals surface area contributed by atoms with Crippen LogP contribution in [-0.2, 0) is 11.3 Å². The largest absolute Gasteiger partial charge is 0.360 e. The van der Waals surface area contributed by atoms with Crippen LogP contribution in [0.5, 0.6) is 0 Å². The number of methoxy groups -OCH3 is 1. The minimum absolute atomic E-state index is 0. The minimum Gasteiger partial charge on any atom is -0.360 e. The molecule has 1 aromatic heterocycles. The fourth-order valence-corrected chi connectivity index (χ4v) is 7.34. The Kier molecular flexibility index (Phi) is 9.16. The number of nitrogens with one attached hydrogen (secondary N) is 2. The van der Waals surface area contributed by atoms with E-state index in [2.05, 4.69) is 55.4 Å². The molecule has 5 rings (SSSR count). The molecule has 0 bridgehead atoms. The summed E-state index contributed by atoms with van der Waals surface area (Å²) in [6.07, 6.45) is 0. The van der Waals surface area contributed by atoms with Crippen molar-refractivity contribution in [3.05, 3.63) is 102 Å². The quantitative estimate of drug-likeness (QED) is 0.137. The van der Waals surface area contributed by atoms with Gasteiger partial charge in [-0.2, -0.15) is 0 Å². The second-order valence-electron chi connectivity index (χ2n) is 9.06. The van der Waals surface area contributed by atoms with Crippen molar-refractivity contribution in [3.63, 3.8) is 0 Å². The molecule has 194 valence electrons. The molecule has 0 amide bonds. The van der Waals surface area contributed by atoms with Crippen LogP contribution < -0.4 is 5.32 Å². The highest BCUT2D eigenvalue weighted by Crippen LogP contribution is 2.42. The number of nitrogens with zero attached hydrogens (tertiary/aromatic N) is 1. The first-order chi connectivity index (χ1) is 17.6. The molecule has 8 heteroatoms. The summed E-state index contributed by atoms with van der Waals surface area (Å²) < 4.78 is 6.27. The van der Waals surface area contributed by atoms with Crippen LogP contribution in [0.3, 0.4) is 0 Å². The maximum Gasteiger partial charge on any atom is 0.204 e. The van der Waals surface area contributed by atoms with Crippen LogP contribution in [0.25, 0.3) is 10.9 Å². The van der Waals surface area contributed by atoms with Crippen LogP contribution in [0, 0.1) is 0 Å². The third-order valence-electron chi connectivity index (χ3n) is 7.09. The second-order valence-corrected chi connectivity index (χ2v) is 10.7. The van der Waals surface area contributed by atoms with Gasteiger partial charge in [0.15, 0.2) is 5.72 Å². The van der Waals surface area contributed by atoms with Gasteiger partial charge in [0, 0.05) is 53.6 Å². The molecule has 2 heterocycles. The molecule has 2 unspecified atom stereocenters. The molecule has 0 spiro atoms. The number of hydrogen-bond donors (Lipinski definition) is 2. The SMILES string of the molecule is COC1(CBr)NCCN(Cc2ccccc2)C1(CSc1ccccc1)C(=O)c1cc2ccccc2[nH]1.Cl. The first kappa shape index (κ1) is 27.9. The number of aromatic nitrogens is 1. The third-order valence-corrected chi connectivity index (χ3v) is 9.05. The Bertz CT molecular complexity index is 1280. The number of thioether (sulfide) groups is 1. The van der Waals surface area contributed by atoms with Gasteiger partial charge in [0.05, 0.1) is 5.69 Å². The number of piperazine rings is 1. The molecule has 0 radical (unpaired) electrons. The number of ketones is 1. The number of halogens is 2. The Morgan fingerprint density at radius 3 is 2.38 bits per heavy atom. The van der Waals surface area contributed by atoms with E-state index in [4.69, 9.17) is 4.74 Å². The highest BCUT2D eigenvalue weighted by molar-refractivity contribution is 9.09. The van der Waals surface area contributed by atoms with Crippen molar-refractivity contribution < 1.29 is 9.53 Å². The second kappa shape index (κ2) is 12.2. The van der Waals surface area contributed by atoms with Gasteiger partial charge >= 0.3 is 0 Å². The van der Waals surface area contributed by atoms with E-state index in [0.29, 0.717) is 36.4 Å². The number of Topliss-reactive ketones (excluding diaryl/α,β-unsaturated/α-hetero) is 1. The van der Waals surface area contributed by atoms with Crippen LogP contribution in [0.15, 0.2) is 95.9 Å². The zero-order chi connectivity index (χ0) is 25.0. The average molecular weight is 601 g/mol. The summed E-state index contributed by atoms with van der Waals surface area (Å²) in [6.45, 7) is 2.07. The summed E-state index contributed by atoms with van der Waals surface area (Å²) in [5, 5.41) is 5.08. The van der Waals surface area contributed by atoms with Crippen molar-refractivity contribution >= 4 is 56.8 Å². The number of alkyl halides is 1. The lowest BCUT2D eigenvalue weighted by molar-refractivity contribution is -0.136. The van der Waals surface area contributed by atoms with Crippen LogP contribution in [0.4, 0.5) is 0 Å².